The first-order valence-electron chi connectivity index (χ1n) is 5.94. The average molecular weight is 299 g/mol. The minimum atomic E-state index is -0.473. The maximum Gasteiger partial charge on any atom is 0.271 e. The van der Waals surface area contributed by atoms with E-state index < -0.39 is 4.92 Å². The molecule has 0 spiro atoms. The molecule has 110 valence electrons. The SMILES string of the molecule is COCCCNC(=S)Nc1cc([N+](=O)[O-])ccc1OC. The van der Waals surface area contributed by atoms with Gasteiger partial charge in [0.05, 0.1) is 17.7 Å². The summed E-state index contributed by atoms with van der Waals surface area (Å²) in [6.07, 6.45) is 0.810. The zero-order chi connectivity index (χ0) is 15.0. The second-order valence-electron chi connectivity index (χ2n) is 3.87. The maximum atomic E-state index is 10.8. The number of nitrogens with zero attached hydrogens (tertiary/aromatic N) is 1. The zero-order valence-corrected chi connectivity index (χ0v) is 12.2. The van der Waals surface area contributed by atoms with E-state index in [1.807, 2.05) is 0 Å². The van der Waals surface area contributed by atoms with E-state index in [2.05, 4.69) is 10.6 Å². The quantitative estimate of drug-likeness (QED) is 0.344. The molecule has 0 saturated heterocycles. The van der Waals surface area contributed by atoms with Crippen molar-refractivity contribution in [2.24, 2.45) is 0 Å². The molecule has 8 heteroatoms. The largest absolute Gasteiger partial charge is 0.495 e. The number of nitrogens with one attached hydrogen (secondary N) is 2. The number of benzene rings is 1. The van der Waals surface area contributed by atoms with Gasteiger partial charge in [-0.15, -0.1) is 0 Å². The van der Waals surface area contributed by atoms with Crippen LogP contribution < -0.4 is 15.4 Å². The third-order valence-corrected chi connectivity index (χ3v) is 2.70. The Morgan fingerprint density at radius 2 is 2.20 bits per heavy atom. The number of hydrogen-bond donors (Lipinski definition) is 2. The van der Waals surface area contributed by atoms with Gasteiger partial charge >= 0.3 is 0 Å². The summed E-state index contributed by atoms with van der Waals surface area (Å²) in [4.78, 5) is 10.3. The molecule has 0 heterocycles. The van der Waals surface area contributed by atoms with Crippen molar-refractivity contribution in [3.05, 3.63) is 28.3 Å². The van der Waals surface area contributed by atoms with Crippen LogP contribution in [0, 0.1) is 10.1 Å². The van der Waals surface area contributed by atoms with Crippen LogP contribution in [0.2, 0.25) is 0 Å². The molecule has 0 aliphatic carbocycles. The Morgan fingerprint density at radius 3 is 2.80 bits per heavy atom. The highest BCUT2D eigenvalue weighted by Crippen LogP contribution is 2.28. The molecule has 0 aliphatic heterocycles. The number of non-ortho nitro benzene ring substituents is 1. The minimum absolute atomic E-state index is 0.0320. The van der Waals surface area contributed by atoms with E-state index in [1.54, 1.807) is 7.11 Å². The summed E-state index contributed by atoms with van der Waals surface area (Å²) < 4.78 is 10.1. The van der Waals surface area contributed by atoms with E-state index in [0.717, 1.165) is 6.42 Å². The van der Waals surface area contributed by atoms with Crippen molar-refractivity contribution >= 4 is 28.7 Å². The number of hydrogen-bond acceptors (Lipinski definition) is 5. The molecule has 2 N–H and O–H groups in total. The average Bonchev–Trinajstić information content (AvgIpc) is 2.43. The van der Waals surface area contributed by atoms with Gasteiger partial charge in [-0.25, -0.2) is 0 Å². The molecule has 0 atom stereocenters. The number of methoxy groups -OCH3 is 2. The second kappa shape index (κ2) is 8.28. The van der Waals surface area contributed by atoms with Crippen molar-refractivity contribution in [3.8, 4) is 5.75 Å². The van der Waals surface area contributed by atoms with Crippen LogP contribution in [0.5, 0.6) is 5.75 Å². The number of anilines is 1. The summed E-state index contributed by atoms with van der Waals surface area (Å²) >= 11 is 5.11. The maximum absolute atomic E-state index is 10.8. The summed E-state index contributed by atoms with van der Waals surface area (Å²) in [5.74, 6) is 0.483. The first-order valence-corrected chi connectivity index (χ1v) is 6.35. The van der Waals surface area contributed by atoms with E-state index in [-0.39, 0.29) is 5.69 Å². The van der Waals surface area contributed by atoms with Crippen molar-refractivity contribution in [3.63, 3.8) is 0 Å². The number of thiocarbonyl (C=S) groups is 1. The van der Waals surface area contributed by atoms with Crippen LogP contribution in [0.4, 0.5) is 11.4 Å². The van der Waals surface area contributed by atoms with Crippen molar-refractivity contribution in [1.29, 1.82) is 0 Å². The molecule has 0 fully saturated rings. The van der Waals surface area contributed by atoms with Crippen LogP contribution in [0.15, 0.2) is 18.2 Å². The van der Waals surface area contributed by atoms with Gasteiger partial charge in [-0.05, 0) is 24.7 Å². The lowest BCUT2D eigenvalue weighted by molar-refractivity contribution is -0.384. The predicted octanol–water partition coefficient (Wildman–Crippen LogP) is 1.93. The molecular formula is C12H17N3O4S. The number of nitro benzene ring substituents is 1. The molecule has 0 unspecified atom stereocenters. The van der Waals surface area contributed by atoms with Crippen LogP contribution in [0.25, 0.3) is 0 Å². The van der Waals surface area contributed by atoms with Crippen molar-refractivity contribution in [2.45, 2.75) is 6.42 Å². The molecule has 0 aromatic heterocycles. The van der Waals surface area contributed by atoms with E-state index in [9.17, 15) is 10.1 Å². The zero-order valence-electron chi connectivity index (χ0n) is 11.3. The fourth-order valence-electron chi connectivity index (χ4n) is 1.49. The van der Waals surface area contributed by atoms with Gasteiger partial charge in [-0.1, -0.05) is 0 Å². The number of nitro groups is 1. The highest BCUT2D eigenvalue weighted by molar-refractivity contribution is 7.80. The minimum Gasteiger partial charge on any atom is -0.495 e. The Bertz CT molecular complexity index is 482. The fourth-order valence-corrected chi connectivity index (χ4v) is 1.70. The van der Waals surface area contributed by atoms with Crippen LogP contribution in [0.1, 0.15) is 6.42 Å². The van der Waals surface area contributed by atoms with Gasteiger partial charge in [-0.2, -0.15) is 0 Å². The van der Waals surface area contributed by atoms with Crippen LogP contribution in [-0.4, -0.2) is 37.4 Å². The van der Waals surface area contributed by atoms with Crippen molar-refractivity contribution < 1.29 is 14.4 Å². The smallest absolute Gasteiger partial charge is 0.271 e. The monoisotopic (exact) mass is 299 g/mol. The molecule has 7 nitrogen and oxygen atoms in total. The van der Waals surface area contributed by atoms with Crippen LogP contribution in [0.3, 0.4) is 0 Å². The lowest BCUT2D eigenvalue weighted by Crippen LogP contribution is -2.29. The van der Waals surface area contributed by atoms with E-state index >= 15 is 0 Å². The van der Waals surface area contributed by atoms with E-state index in [1.165, 1.54) is 25.3 Å². The van der Waals surface area contributed by atoms with Gasteiger partial charge in [0.2, 0.25) is 0 Å². The van der Waals surface area contributed by atoms with E-state index in [0.29, 0.717) is 29.7 Å². The predicted molar refractivity (Wildman–Crippen MR) is 80.4 cm³/mol. The van der Waals surface area contributed by atoms with Crippen molar-refractivity contribution in [1.82, 2.24) is 5.32 Å². The molecular weight excluding hydrogens is 282 g/mol. The molecule has 0 saturated carbocycles. The highest BCUT2D eigenvalue weighted by Gasteiger charge is 2.12. The Kier molecular flexibility index (Phi) is 6.68. The molecule has 1 aromatic rings. The number of ether oxygens (including phenoxy) is 2. The van der Waals surface area contributed by atoms with Gasteiger partial charge in [0.25, 0.3) is 5.69 Å². The lowest BCUT2D eigenvalue weighted by Gasteiger charge is -2.13. The first-order chi connectivity index (χ1) is 9.58. The van der Waals surface area contributed by atoms with Crippen LogP contribution >= 0.6 is 12.2 Å². The molecule has 1 rings (SSSR count). The summed E-state index contributed by atoms with van der Waals surface area (Å²) in [5.41, 5.74) is 0.418. The molecule has 1 aromatic carbocycles. The Labute approximate surface area is 122 Å². The number of rotatable bonds is 7. The van der Waals surface area contributed by atoms with Gasteiger partial charge in [0, 0.05) is 32.4 Å². The summed E-state index contributed by atoms with van der Waals surface area (Å²) in [6.45, 7) is 1.28. The van der Waals surface area contributed by atoms with Gasteiger partial charge in [0.1, 0.15) is 5.75 Å². The second-order valence-corrected chi connectivity index (χ2v) is 4.28. The summed E-state index contributed by atoms with van der Waals surface area (Å²) in [6, 6.07) is 4.27. The van der Waals surface area contributed by atoms with Gasteiger partial charge in [-0.3, -0.25) is 10.1 Å². The Hall–Kier alpha value is -1.93. The standard InChI is InChI=1S/C12H17N3O4S/c1-18-7-3-6-13-12(20)14-10-8-9(15(16)17)4-5-11(10)19-2/h4-5,8H,3,6-7H2,1-2H3,(H2,13,14,20). The molecule has 0 bridgehead atoms. The molecule has 0 radical (unpaired) electrons. The highest BCUT2D eigenvalue weighted by atomic mass is 32.1. The van der Waals surface area contributed by atoms with Crippen molar-refractivity contribution in [2.75, 3.05) is 32.7 Å². The molecule has 20 heavy (non-hydrogen) atoms. The lowest BCUT2D eigenvalue weighted by atomic mass is 10.2. The Morgan fingerprint density at radius 1 is 1.45 bits per heavy atom. The third kappa shape index (κ3) is 4.98. The third-order valence-electron chi connectivity index (χ3n) is 2.45. The van der Waals surface area contributed by atoms with Crippen LogP contribution in [-0.2, 0) is 4.74 Å². The molecule has 0 aliphatic rings. The Balaban J connectivity index is 2.67. The fraction of sp³-hybridized carbons (Fsp3) is 0.417. The van der Waals surface area contributed by atoms with Gasteiger partial charge < -0.3 is 20.1 Å². The molecule has 0 amide bonds. The van der Waals surface area contributed by atoms with E-state index in [4.69, 9.17) is 21.7 Å². The summed E-state index contributed by atoms with van der Waals surface area (Å²) in [5, 5.41) is 17.0. The topological polar surface area (TPSA) is 85.7 Å². The first kappa shape index (κ1) is 16.1. The summed E-state index contributed by atoms with van der Waals surface area (Å²) in [7, 11) is 3.12. The van der Waals surface area contributed by atoms with Gasteiger partial charge in [0.15, 0.2) is 5.11 Å². The normalized spacial score (nSPS) is 9.90.